The fourth-order valence-electron chi connectivity index (χ4n) is 2.48. The maximum Gasteiger partial charge on any atom is 0.310 e. The number of nitro groups is 1. The van der Waals surface area contributed by atoms with E-state index in [4.69, 9.17) is 4.74 Å². The minimum absolute atomic E-state index is 0.0232. The van der Waals surface area contributed by atoms with Gasteiger partial charge in [-0.1, -0.05) is 42.5 Å². The molecule has 1 atom stereocenters. The van der Waals surface area contributed by atoms with Crippen molar-refractivity contribution in [3.05, 3.63) is 70.3 Å². The molecule has 0 spiro atoms. The summed E-state index contributed by atoms with van der Waals surface area (Å²) in [5, 5.41) is 30.4. The molecule has 0 radical (unpaired) electrons. The van der Waals surface area contributed by atoms with Crippen LogP contribution in [0.15, 0.2) is 54.6 Å². The highest BCUT2D eigenvalue weighted by atomic mass is 16.6. The standard InChI is InChI=1S/C18H22N2O5/c21-11-10-19(12-15-6-2-1-3-7-15)13-16(22)14-25-18-9-5-4-8-17(18)20(23)24/h1-9,16,21-22H,10-14H2/t16-/m1/s1. The summed E-state index contributed by atoms with van der Waals surface area (Å²) in [5.74, 6) is 0.128. The highest BCUT2D eigenvalue weighted by molar-refractivity contribution is 5.45. The van der Waals surface area contributed by atoms with Crippen LogP contribution in [0.3, 0.4) is 0 Å². The van der Waals surface area contributed by atoms with Gasteiger partial charge in [0.05, 0.1) is 11.5 Å². The molecule has 7 nitrogen and oxygen atoms in total. The van der Waals surface area contributed by atoms with Crippen molar-refractivity contribution < 1.29 is 19.9 Å². The Morgan fingerprint density at radius 2 is 1.80 bits per heavy atom. The van der Waals surface area contributed by atoms with Crippen molar-refractivity contribution in [3.63, 3.8) is 0 Å². The molecule has 0 unspecified atom stereocenters. The van der Waals surface area contributed by atoms with E-state index in [1.165, 1.54) is 12.1 Å². The van der Waals surface area contributed by atoms with Crippen molar-refractivity contribution in [2.24, 2.45) is 0 Å². The molecular weight excluding hydrogens is 324 g/mol. The van der Waals surface area contributed by atoms with E-state index < -0.39 is 11.0 Å². The van der Waals surface area contributed by atoms with E-state index in [1.807, 2.05) is 35.2 Å². The lowest BCUT2D eigenvalue weighted by atomic mass is 10.2. The molecule has 2 N–H and O–H groups in total. The first kappa shape index (κ1) is 18.9. The topological polar surface area (TPSA) is 96.1 Å². The van der Waals surface area contributed by atoms with E-state index in [0.29, 0.717) is 13.1 Å². The van der Waals surface area contributed by atoms with Gasteiger partial charge in [0.25, 0.3) is 0 Å². The molecule has 2 aromatic rings. The molecule has 0 heterocycles. The van der Waals surface area contributed by atoms with Crippen LogP contribution in [0.1, 0.15) is 5.56 Å². The zero-order valence-electron chi connectivity index (χ0n) is 13.8. The van der Waals surface area contributed by atoms with E-state index in [9.17, 15) is 20.3 Å². The summed E-state index contributed by atoms with van der Waals surface area (Å²) in [7, 11) is 0. The molecule has 134 valence electrons. The largest absolute Gasteiger partial charge is 0.484 e. The maximum absolute atomic E-state index is 11.0. The van der Waals surface area contributed by atoms with Crippen molar-refractivity contribution in [1.29, 1.82) is 0 Å². The van der Waals surface area contributed by atoms with Crippen LogP contribution in [0.5, 0.6) is 5.75 Å². The highest BCUT2D eigenvalue weighted by Gasteiger charge is 2.17. The Bertz CT molecular complexity index is 666. The quantitative estimate of drug-likeness (QED) is 0.503. The molecule has 0 aliphatic carbocycles. The van der Waals surface area contributed by atoms with Crippen molar-refractivity contribution in [1.82, 2.24) is 4.90 Å². The molecule has 7 heteroatoms. The first-order valence-corrected chi connectivity index (χ1v) is 8.01. The molecule has 0 fully saturated rings. The second-order valence-corrected chi connectivity index (χ2v) is 5.63. The number of benzene rings is 2. The summed E-state index contributed by atoms with van der Waals surface area (Å²) < 4.78 is 5.41. The van der Waals surface area contributed by atoms with Crippen molar-refractivity contribution in [2.75, 3.05) is 26.3 Å². The summed E-state index contributed by atoms with van der Waals surface area (Å²) in [6, 6.07) is 15.8. The second kappa shape index (κ2) is 9.73. The Hall–Kier alpha value is -2.48. The molecule has 0 saturated heterocycles. The average Bonchev–Trinajstić information content (AvgIpc) is 2.61. The van der Waals surface area contributed by atoms with Crippen LogP contribution in [0.25, 0.3) is 0 Å². The maximum atomic E-state index is 11.0. The Morgan fingerprint density at radius 3 is 2.48 bits per heavy atom. The van der Waals surface area contributed by atoms with Crippen LogP contribution >= 0.6 is 0 Å². The van der Waals surface area contributed by atoms with E-state index in [0.717, 1.165) is 5.56 Å². The zero-order chi connectivity index (χ0) is 18.1. The molecular formula is C18H22N2O5. The fourth-order valence-corrected chi connectivity index (χ4v) is 2.48. The minimum Gasteiger partial charge on any atom is -0.484 e. The lowest BCUT2D eigenvalue weighted by molar-refractivity contribution is -0.385. The summed E-state index contributed by atoms with van der Waals surface area (Å²) in [6.45, 7) is 1.20. The van der Waals surface area contributed by atoms with Gasteiger partial charge < -0.3 is 14.9 Å². The molecule has 0 saturated carbocycles. The summed E-state index contributed by atoms with van der Waals surface area (Å²) in [4.78, 5) is 12.3. The highest BCUT2D eigenvalue weighted by Crippen LogP contribution is 2.25. The SMILES string of the molecule is O=[N+]([O-])c1ccccc1OC[C@H](O)CN(CCO)Cc1ccccc1. The number of ether oxygens (including phenoxy) is 1. The fraction of sp³-hybridized carbons (Fsp3) is 0.333. The van der Waals surface area contributed by atoms with E-state index >= 15 is 0 Å². The first-order chi connectivity index (χ1) is 12.1. The van der Waals surface area contributed by atoms with Crippen molar-refractivity contribution in [2.45, 2.75) is 12.6 Å². The second-order valence-electron chi connectivity index (χ2n) is 5.63. The normalized spacial score (nSPS) is 12.1. The number of aliphatic hydroxyl groups is 2. The molecule has 0 amide bonds. The first-order valence-electron chi connectivity index (χ1n) is 8.01. The van der Waals surface area contributed by atoms with Crippen LogP contribution in [0.2, 0.25) is 0 Å². The van der Waals surface area contributed by atoms with Crippen LogP contribution in [0, 0.1) is 10.1 Å². The third-order valence-corrected chi connectivity index (χ3v) is 3.63. The Balaban J connectivity index is 1.91. The lowest BCUT2D eigenvalue weighted by Crippen LogP contribution is -2.37. The summed E-state index contributed by atoms with van der Waals surface area (Å²) in [6.07, 6.45) is -0.838. The smallest absolute Gasteiger partial charge is 0.310 e. The van der Waals surface area contributed by atoms with E-state index in [1.54, 1.807) is 12.1 Å². The van der Waals surface area contributed by atoms with Crippen LogP contribution in [-0.4, -0.2) is 52.4 Å². The molecule has 0 aliphatic heterocycles. The number of hydrogen-bond donors (Lipinski definition) is 2. The van der Waals surface area contributed by atoms with E-state index in [2.05, 4.69) is 0 Å². The third-order valence-electron chi connectivity index (χ3n) is 3.63. The minimum atomic E-state index is -0.838. The predicted molar refractivity (Wildman–Crippen MR) is 93.4 cm³/mol. The van der Waals surface area contributed by atoms with E-state index in [-0.39, 0.29) is 31.2 Å². The summed E-state index contributed by atoms with van der Waals surface area (Å²) in [5.41, 5.74) is 0.939. The number of nitrogens with zero attached hydrogens (tertiary/aromatic N) is 2. The van der Waals surface area contributed by atoms with Gasteiger partial charge in [-0.2, -0.15) is 0 Å². The third kappa shape index (κ3) is 6.15. The zero-order valence-corrected chi connectivity index (χ0v) is 13.8. The average molecular weight is 346 g/mol. The number of hydrogen-bond acceptors (Lipinski definition) is 6. The van der Waals surface area contributed by atoms with Gasteiger partial charge in [0.1, 0.15) is 12.7 Å². The van der Waals surface area contributed by atoms with Crippen molar-refractivity contribution in [3.8, 4) is 5.75 Å². The van der Waals surface area contributed by atoms with Crippen LogP contribution < -0.4 is 4.74 Å². The van der Waals surface area contributed by atoms with Gasteiger partial charge in [0, 0.05) is 25.7 Å². The number of aliphatic hydroxyl groups excluding tert-OH is 2. The van der Waals surface area contributed by atoms with Gasteiger partial charge >= 0.3 is 5.69 Å². The molecule has 2 aromatic carbocycles. The van der Waals surface area contributed by atoms with Gasteiger partial charge in [0.2, 0.25) is 0 Å². The monoisotopic (exact) mass is 346 g/mol. The van der Waals surface area contributed by atoms with Gasteiger partial charge in [-0.25, -0.2) is 0 Å². The van der Waals surface area contributed by atoms with Crippen LogP contribution in [0.4, 0.5) is 5.69 Å². The van der Waals surface area contributed by atoms with Gasteiger partial charge in [0.15, 0.2) is 5.75 Å². The Kier molecular flexibility index (Phi) is 7.34. The van der Waals surface area contributed by atoms with Gasteiger partial charge in [-0.05, 0) is 11.6 Å². The number of nitro benzene ring substituents is 1. The van der Waals surface area contributed by atoms with Crippen LogP contribution in [-0.2, 0) is 6.54 Å². The molecule has 25 heavy (non-hydrogen) atoms. The Labute approximate surface area is 146 Å². The molecule has 0 aliphatic rings. The number of rotatable bonds is 10. The molecule has 2 rings (SSSR count). The summed E-state index contributed by atoms with van der Waals surface area (Å²) >= 11 is 0. The lowest BCUT2D eigenvalue weighted by Gasteiger charge is -2.24. The molecule has 0 aromatic heterocycles. The predicted octanol–water partition coefficient (Wildman–Crippen LogP) is 1.83. The number of para-hydroxylation sites is 2. The van der Waals surface area contributed by atoms with Gasteiger partial charge in [-0.3, -0.25) is 15.0 Å². The Morgan fingerprint density at radius 1 is 1.12 bits per heavy atom. The van der Waals surface area contributed by atoms with Gasteiger partial charge in [-0.15, -0.1) is 0 Å². The molecule has 0 bridgehead atoms. The van der Waals surface area contributed by atoms with Crippen molar-refractivity contribution >= 4 is 5.69 Å².